The number of esters is 1. The summed E-state index contributed by atoms with van der Waals surface area (Å²) in [5, 5.41) is 72.1. The maximum Gasteiger partial charge on any atom is 0.306 e. The van der Waals surface area contributed by atoms with Gasteiger partial charge in [0.25, 0.3) is 0 Å². The number of aliphatic hydroxyl groups is 7. The van der Waals surface area contributed by atoms with Crippen LogP contribution in [0.25, 0.3) is 0 Å². The predicted octanol–water partition coefficient (Wildman–Crippen LogP) is 7.74. The van der Waals surface area contributed by atoms with Gasteiger partial charge in [-0.1, -0.05) is 145 Å². The Hall–Kier alpha value is -2.31. The summed E-state index contributed by atoms with van der Waals surface area (Å²) in [6, 6.07) is 0. The van der Waals surface area contributed by atoms with Crippen LogP contribution >= 0.6 is 0 Å². The molecule has 2 aliphatic heterocycles. The van der Waals surface area contributed by atoms with Gasteiger partial charge in [-0.2, -0.15) is 0 Å². The molecule has 67 heavy (non-hydrogen) atoms. The van der Waals surface area contributed by atoms with Gasteiger partial charge in [0.1, 0.15) is 54.9 Å². The number of carbonyl (C=O) groups is 1. The van der Waals surface area contributed by atoms with Crippen molar-refractivity contribution in [3.63, 3.8) is 0 Å². The summed E-state index contributed by atoms with van der Waals surface area (Å²) < 4.78 is 34.2. The lowest BCUT2D eigenvalue weighted by atomic mass is 9.98. The Morgan fingerprint density at radius 3 is 1.52 bits per heavy atom. The van der Waals surface area contributed by atoms with Crippen LogP contribution in [0.4, 0.5) is 0 Å². The summed E-state index contributed by atoms with van der Waals surface area (Å²) in [6.45, 7) is 3.49. The van der Waals surface area contributed by atoms with Gasteiger partial charge in [-0.15, -0.1) is 0 Å². The largest absolute Gasteiger partial charge is 0.457 e. The number of allylic oxidation sites excluding steroid dienone is 10. The Morgan fingerprint density at radius 1 is 0.507 bits per heavy atom. The average molecular weight is 953 g/mol. The van der Waals surface area contributed by atoms with E-state index in [0.29, 0.717) is 13.0 Å². The number of rotatable bonds is 40. The van der Waals surface area contributed by atoms with Gasteiger partial charge in [0.2, 0.25) is 0 Å². The first kappa shape index (κ1) is 60.8. The first-order chi connectivity index (χ1) is 32.6. The van der Waals surface area contributed by atoms with Crippen LogP contribution in [0.2, 0.25) is 0 Å². The third-order valence-electron chi connectivity index (χ3n) is 12.0. The van der Waals surface area contributed by atoms with Crippen LogP contribution in [0.5, 0.6) is 0 Å². The maximum absolute atomic E-state index is 13.0. The van der Waals surface area contributed by atoms with Crippen molar-refractivity contribution in [1.29, 1.82) is 0 Å². The van der Waals surface area contributed by atoms with Crippen molar-refractivity contribution < 1.29 is 69.0 Å². The molecule has 2 aliphatic rings. The van der Waals surface area contributed by atoms with E-state index in [1.165, 1.54) is 77.0 Å². The zero-order valence-corrected chi connectivity index (χ0v) is 41.1. The molecule has 0 spiro atoms. The third kappa shape index (κ3) is 28.2. The predicted molar refractivity (Wildman–Crippen MR) is 261 cm³/mol. The molecule has 2 rings (SSSR count). The van der Waals surface area contributed by atoms with Gasteiger partial charge in [0, 0.05) is 13.0 Å². The van der Waals surface area contributed by atoms with E-state index in [-0.39, 0.29) is 19.6 Å². The highest BCUT2D eigenvalue weighted by Crippen LogP contribution is 2.26. The fourth-order valence-electron chi connectivity index (χ4n) is 7.80. The molecular weight excluding hydrogens is 861 g/mol. The van der Waals surface area contributed by atoms with Crippen LogP contribution in [-0.4, -0.2) is 142 Å². The lowest BCUT2D eigenvalue weighted by Gasteiger charge is -2.42. The number of unbranched alkanes of at least 4 members (excludes halogenated alkanes) is 16. The molecule has 0 amide bonds. The Kier molecular flexibility index (Phi) is 36.7. The van der Waals surface area contributed by atoms with Crippen molar-refractivity contribution in [3.05, 3.63) is 60.8 Å². The third-order valence-corrected chi connectivity index (χ3v) is 12.0. The van der Waals surface area contributed by atoms with Crippen LogP contribution in [-0.2, 0) is 33.2 Å². The molecule has 0 aromatic heterocycles. The van der Waals surface area contributed by atoms with Crippen molar-refractivity contribution in [2.75, 3.05) is 33.0 Å². The van der Waals surface area contributed by atoms with Crippen molar-refractivity contribution in [2.24, 2.45) is 0 Å². The van der Waals surface area contributed by atoms with Crippen LogP contribution in [0, 0.1) is 0 Å². The highest BCUT2D eigenvalue weighted by molar-refractivity contribution is 5.69. The number of hydrogen-bond donors (Lipinski definition) is 7. The van der Waals surface area contributed by atoms with E-state index < -0.39 is 86.7 Å². The summed E-state index contributed by atoms with van der Waals surface area (Å²) in [5.41, 5.74) is 0. The summed E-state index contributed by atoms with van der Waals surface area (Å²) in [5.74, 6) is -0.408. The minimum atomic E-state index is -1.71. The van der Waals surface area contributed by atoms with Crippen molar-refractivity contribution in [1.82, 2.24) is 0 Å². The van der Waals surface area contributed by atoms with E-state index >= 15 is 0 Å². The number of aliphatic hydroxyl groups excluding tert-OH is 7. The summed E-state index contributed by atoms with van der Waals surface area (Å²) in [6.07, 6.45) is 31.4. The molecule has 7 N–H and O–H groups in total. The van der Waals surface area contributed by atoms with Gasteiger partial charge in [-0.3, -0.25) is 4.79 Å². The summed E-state index contributed by atoms with van der Waals surface area (Å²) >= 11 is 0. The second kappa shape index (κ2) is 40.4. The molecule has 0 radical (unpaired) electrons. The topological polar surface area (TPSA) is 214 Å². The molecule has 14 nitrogen and oxygen atoms in total. The number of ether oxygens (including phenoxy) is 6. The Bertz CT molecular complexity index is 1340. The first-order valence-corrected chi connectivity index (χ1v) is 25.9. The van der Waals surface area contributed by atoms with Crippen LogP contribution in [0.3, 0.4) is 0 Å². The lowest BCUT2D eigenvalue weighted by molar-refractivity contribution is -0.332. The summed E-state index contributed by atoms with van der Waals surface area (Å²) in [7, 11) is 0. The van der Waals surface area contributed by atoms with Crippen molar-refractivity contribution >= 4 is 5.97 Å². The van der Waals surface area contributed by atoms with Gasteiger partial charge >= 0.3 is 5.97 Å². The minimum absolute atomic E-state index is 0.0451. The Morgan fingerprint density at radius 2 is 0.970 bits per heavy atom. The Balaban J connectivity index is 1.76. The first-order valence-electron chi connectivity index (χ1n) is 25.9. The molecule has 0 bridgehead atoms. The highest BCUT2D eigenvalue weighted by Gasteiger charge is 2.47. The molecule has 0 aromatic rings. The van der Waals surface area contributed by atoms with Crippen LogP contribution in [0.1, 0.15) is 168 Å². The van der Waals surface area contributed by atoms with E-state index in [9.17, 15) is 40.5 Å². The van der Waals surface area contributed by atoms with E-state index in [2.05, 4.69) is 74.6 Å². The minimum Gasteiger partial charge on any atom is -0.457 e. The zero-order chi connectivity index (χ0) is 48.7. The monoisotopic (exact) mass is 953 g/mol. The molecule has 2 heterocycles. The van der Waals surface area contributed by atoms with Gasteiger partial charge in [-0.25, -0.2) is 0 Å². The van der Waals surface area contributed by atoms with E-state index in [1.807, 2.05) is 0 Å². The van der Waals surface area contributed by atoms with E-state index in [4.69, 9.17) is 28.4 Å². The lowest BCUT2D eigenvalue weighted by Crippen LogP contribution is -2.61. The number of hydrogen-bond acceptors (Lipinski definition) is 14. The Labute approximate surface area is 403 Å². The van der Waals surface area contributed by atoms with E-state index in [1.54, 1.807) is 0 Å². The smallest absolute Gasteiger partial charge is 0.306 e. The fourth-order valence-corrected chi connectivity index (χ4v) is 7.80. The molecule has 11 unspecified atom stereocenters. The molecular formula is C53H92O14. The average Bonchev–Trinajstić information content (AvgIpc) is 3.32. The molecule has 0 aliphatic carbocycles. The SMILES string of the molecule is CC/C=C\C/C=C\C/C=C\CCCCCC(=O)OC(COCCCCCCCCCCCC/C=C\C/C=C\CCCCC)COC1OC(COC2OC(CO)C(O)C(O)C2O)C(O)C(O)C1O. The van der Waals surface area contributed by atoms with Gasteiger partial charge in [-0.05, 0) is 77.0 Å². The summed E-state index contributed by atoms with van der Waals surface area (Å²) in [4.78, 5) is 13.0. The van der Waals surface area contributed by atoms with E-state index in [0.717, 1.165) is 64.2 Å². The molecule has 11 atom stereocenters. The molecule has 0 saturated carbocycles. The van der Waals surface area contributed by atoms with Gasteiger partial charge in [0.05, 0.1) is 26.4 Å². The van der Waals surface area contributed by atoms with Crippen molar-refractivity contribution in [3.8, 4) is 0 Å². The maximum atomic E-state index is 13.0. The fraction of sp³-hybridized carbons (Fsp3) is 0.792. The molecule has 2 saturated heterocycles. The molecule has 2 fully saturated rings. The van der Waals surface area contributed by atoms with Gasteiger partial charge < -0.3 is 64.2 Å². The second-order valence-electron chi connectivity index (χ2n) is 18.0. The standard InChI is InChI=1S/C53H92O14/c1-3-5-7-9-11-13-15-17-18-19-20-21-22-23-25-27-29-31-33-35-37-62-39-42(65-45(55)36-34-32-30-28-26-24-16-14-12-10-8-6-4-2)40-63-52-51(61)49(59)47(57)44(67-52)41-64-53-50(60)48(58)46(56)43(38-54)66-53/h6,8,11-14,17-18,24,26,42-44,46-54,56-61H,3-5,7,9-10,15-16,19-23,25,27-41H2,1-2H3/b8-6-,13-11-,14-12-,18-17-,26-24-. The molecule has 14 heteroatoms. The highest BCUT2D eigenvalue weighted by atomic mass is 16.7. The second-order valence-corrected chi connectivity index (χ2v) is 18.0. The quantitative estimate of drug-likeness (QED) is 0.0178. The number of carbonyl (C=O) groups excluding carboxylic acids is 1. The van der Waals surface area contributed by atoms with Crippen molar-refractivity contribution in [2.45, 2.75) is 235 Å². The van der Waals surface area contributed by atoms with Gasteiger partial charge in [0.15, 0.2) is 12.6 Å². The zero-order valence-electron chi connectivity index (χ0n) is 41.1. The van der Waals surface area contributed by atoms with Crippen LogP contribution in [0.15, 0.2) is 60.8 Å². The molecule has 388 valence electrons. The molecule has 0 aromatic carbocycles. The normalized spacial score (nSPS) is 26.6. The van der Waals surface area contributed by atoms with Crippen LogP contribution < -0.4 is 0 Å².